The Bertz CT molecular complexity index is 236. The first-order chi connectivity index (χ1) is 6.91. The number of hydrogen-bond acceptors (Lipinski definition) is 0. The Hall–Kier alpha value is -0.520. The van der Waals surface area contributed by atoms with Gasteiger partial charge in [0.05, 0.1) is 0 Å². The fourth-order valence-corrected chi connectivity index (χ4v) is 3.76. The van der Waals surface area contributed by atoms with E-state index in [4.69, 9.17) is 0 Å². The average Bonchev–Trinajstić information content (AvgIpc) is 1.99. The number of hydrogen-bond donors (Lipinski definition) is 0. The summed E-state index contributed by atoms with van der Waals surface area (Å²) in [6.07, 6.45) is 10.5. The lowest BCUT2D eigenvalue weighted by molar-refractivity contribution is 0.0573. The molecule has 0 amide bonds. The van der Waals surface area contributed by atoms with Crippen molar-refractivity contribution in [3.05, 3.63) is 25.3 Å². The average molecular weight is 206 g/mol. The van der Waals surface area contributed by atoms with E-state index in [-0.39, 0.29) is 0 Å². The summed E-state index contributed by atoms with van der Waals surface area (Å²) >= 11 is 0. The monoisotopic (exact) mass is 206 g/mol. The molecule has 0 heterocycles. The molecule has 0 aromatic carbocycles. The zero-order valence-corrected chi connectivity index (χ0v) is 10.7. The molecule has 1 aliphatic rings. The molecular weight excluding hydrogens is 180 g/mol. The second-order valence-corrected chi connectivity index (χ2v) is 6.44. The van der Waals surface area contributed by atoms with Gasteiger partial charge in [0.25, 0.3) is 0 Å². The molecule has 0 spiro atoms. The fourth-order valence-electron chi connectivity index (χ4n) is 3.76. The Kier molecular flexibility index (Phi) is 3.81. The number of rotatable bonds is 4. The first kappa shape index (κ1) is 12.5. The largest absolute Gasteiger partial charge is 0.103 e. The van der Waals surface area contributed by atoms with E-state index in [1.165, 1.54) is 25.7 Å². The van der Waals surface area contributed by atoms with E-state index in [2.05, 4.69) is 46.1 Å². The van der Waals surface area contributed by atoms with Gasteiger partial charge in [-0.2, -0.15) is 0 Å². The van der Waals surface area contributed by atoms with Crippen LogP contribution in [0.15, 0.2) is 25.3 Å². The Morgan fingerprint density at radius 3 is 2.33 bits per heavy atom. The summed E-state index contributed by atoms with van der Waals surface area (Å²) in [4.78, 5) is 0. The lowest BCUT2D eigenvalue weighted by atomic mass is 9.59. The summed E-state index contributed by atoms with van der Waals surface area (Å²) in [5.74, 6) is 0.830. The van der Waals surface area contributed by atoms with Crippen LogP contribution in [0, 0.1) is 16.7 Å². The molecule has 0 saturated heterocycles. The van der Waals surface area contributed by atoms with Crippen molar-refractivity contribution in [2.45, 2.75) is 52.9 Å². The third kappa shape index (κ3) is 3.52. The Morgan fingerprint density at radius 2 is 1.80 bits per heavy atom. The molecule has 0 heteroatoms. The zero-order valence-electron chi connectivity index (χ0n) is 10.7. The molecule has 1 rings (SSSR count). The minimum Gasteiger partial charge on any atom is -0.103 e. The summed E-state index contributed by atoms with van der Waals surface area (Å²) in [6, 6.07) is 0. The minimum atomic E-state index is 0.469. The quantitative estimate of drug-likeness (QED) is 0.570. The predicted octanol–water partition coefficient (Wildman–Crippen LogP) is 4.97. The second-order valence-electron chi connectivity index (χ2n) is 6.44. The van der Waals surface area contributed by atoms with Crippen molar-refractivity contribution in [1.82, 2.24) is 0 Å². The third-order valence-electron chi connectivity index (χ3n) is 3.67. The third-order valence-corrected chi connectivity index (χ3v) is 3.67. The van der Waals surface area contributed by atoms with Crippen LogP contribution in [0.4, 0.5) is 0 Å². The molecule has 1 aliphatic carbocycles. The van der Waals surface area contributed by atoms with Gasteiger partial charge in [-0.25, -0.2) is 0 Å². The number of allylic oxidation sites excluding steroid dienone is 2. The minimum absolute atomic E-state index is 0.469. The molecule has 0 bridgehead atoms. The van der Waals surface area contributed by atoms with Crippen molar-refractivity contribution in [3.8, 4) is 0 Å². The van der Waals surface area contributed by atoms with Crippen LogP contribution in [0.1, 0.15) is 52.9 Å². The van der Waals surface area contributed by atoms with Gasteiger partial charge in [0.15, 0.2) is 0 Å². The van der Waals surface area contributed by atoms with Gasteiger partial charge in [-0.3, -0.25) is 0 Å². The van der Waals surface area contributed by atoms with Gasteiger partial charge in [-0.15, -0.1) is 13.2 Å². The lowest BCUT2D eigenvalue weighted by Crippen LogP contribution is -2.35. The molecule has 0 aromatic heterocycles. The van der Waals surface area contributed by atoms with E-state index < -0.39 is 0 Å². The van der Waals surface area contributed by atoms with E-state index >= 15 is 0 Å². The Morgan fingerprint density at radius 1 is 1.13 bits per heavy atom. The SMILES string of the molecule is C=CCC1CC(C)(C)CC(C)(CC=C)C1. The summed E-state index contributed by atoms with van der Waals surface area (Å²) in [7, 11) is 0. The standard InChI is InChI=1S/C15H26/c1-6-8-13-10-14(3,4)12-15(5,11-13)9-7-2/h6-7,13H,1-2,8-12H2,3-5H3. The fraction of sp³-hybridized carbons (Fsp3) is 0.733. The maximum atomic E-state index is 3.90. The van der Waals surface area contributed by atoms with Crippen LogP contribution in [-0.4, -0.2) is 0 Å². The highest BCUT2D eigenvalue weighted by Gasteiger charge is 2.39. The van der Waals surface area contributed by atoms with Gasteiger partial charge in [-0.1, -0.05) is 32.9 Å². The van der Waals surface area contributed by atoms with Crippen LogP contribution < -0.4 is 0 Å². The highest BCUT2D eigenvalue weighted by molar-refractivity contribution is 4.95. The van der Waals surface area contributed by atoms with Crippen molar-refractivity contribution >= 4 is 0 Å². The zero-order chi connectivity index (χ0) is 11.5. The van der Waals surface area contributed by atoms with E-state index in [1.54, 1.807) is 0 Å². The van der Waals surface area contributed by atoms with Gasteiger partial charge >= 0.3 is 0 Å². The molecular formula is C15H26. The van der Waals surface area contributed by atoms with E-state index in [9.17, 15) is 0 Å². The maximum absolute atomic E-state index is 3.90. The second kappa shape index (κ2) is 4.55. The van der Waals surface area contributed by atoms with Crippen LogP contribution in [0.5, 0.6) is 0 Å². The van der Waals surface area contributed by atoms with Gasteiger partial charge in [0.1, 0.15) is 0 Å². The van der Waals surface area contributed by atoms with Crippen LogP contribution in [0.2, 0.25) is 0 Å². The summed E-state index contributed by atoms with van der Waals surface area (Å²) in [6.45, 7) is 15.0. The summed E-state index contributed by atoms with van der Waals surface area (Å²) < 4.78 is 0. The molecule has 0 nitrogen and oxygen atoms in total. The van der Waals surface area contributed by atoms with Crippen LogP contribution >= 0.6 is 0 Å². The van der Waals surface area contributed by atoms with Crippen LogP contribution in [-0.2, 0) is 0 Å². The van der Waals surface area contributed by atoms with Crippen LogP contribution in [0.3, 0.4) is 0 Å². The highest BCUT2D eigenvalue weighted by atomic mass is 14.4. The maximum Gasteiger partial charge on any atom is -0.0284 e. The molecule has 15 heavy (non-hydrogen) atoms. The van der Waals surface area contributed by atoms with Crippen molar-refractivity contribution in [2.75, 3.05) is 0 Å². The molecule has 0 aliphatic heterocycles. The Labute approximate surface area is 95.5 Å². The van der Waals surface area contributed by atoms with Crippen molar-refractivity contribution in [2.24, 2.45) is 16.7 Å². The van der Waals surface area contributed by atoms with E-state index in [1.807, 2.05) is 0 Å². The van der Waals surface area contributed by atoms with Crippen LogP contribution in [0.25, 0.3) is 0 Å². The molecule has 0 aromatic rings. The first-order valence-electron chi connectivity index (χ1n) is 6.13. The van der Waals surface area contributed by atoms with E-state index in [0.29, 0.717) is 10.8 Å². The highest BCUT2D eigenvalue weighted by Crippen LogP contribution is 2.51. The lowest BCUT2D eigenvalue weighted by Gasteiger charge is -2.46. The molecule has 1 fully saturated rings. The summed E-state index contributed by atoms with van der Waals surface area (Å²) in [5.41, 5.74) is 0.959. The topological polar surface area (TPSA) is 0 Å². The first-order valence-corrected chi connectivity index (χ1v) is 6.13. The summed E-state index contributed by atoms with van der Waals surface area (Å²) in [5, 5.41) is 0. The molecule has 0 N–H and O–H groups in total. The van der Waals surface area contributed by atoms with Crippen molar-refractivity contribution < 1.29 is 0 Å². The Balaban J connectivity index is 2.74. The van der Waals surface area contributed by atoms with Crippen molar-refractivity contribution in [3.63, 3.8) is 0 Å². The molecule has 2 unspecified atom stereocenters. The predicted molar refractivity (Wildman–Crippen MR) is 68.9 cm³/mol. The normalized spacial score (nSPS) is 34.7. The van der Waals surface area contributed by atoms with Gasteiger partial charge in [-0.05, 0) is 48.9 Å². The molecule has 0 radical (unpaired) electrons. The van der Waals surface area contributed by atoms with Gasteiger partial charge < -0.3 is 0 Å². The molecule has 86 valence electrons. The van der Waals surface area contributed by atoms with Gasteiger partial charge in [0, 0.05) is 0 Å². The smallest absolute Gasteiger partial charge is 0.0284 e. The molecule has 2 atom stereocenters. The van der Waals surface area contributed by atoms with Crippen molar-refractivity contribution in [1.29, 1.82) is 0 Å². The van der Waals surface area contributed by atoms with E-state index in [0.717, 1.165) is 12.3 Å². The van der Waals surface area contributed by atoms with Gasteiger partial charge in [0.2, 0.25) is 0 Å². The molecule has 1 saturated carbocycles.